The lowest BCUT2D eigenvalue weighted by Gasteiger charge is -2.30. The highest BCUT2D eigenvalue weighted by Gasteiger charge is 2.15. The van der Waals surface area contributed by atoms with Gasteiger partial charge in [-0.1, -0.05) is 41.9 Å². The van der Waals surface area contributed by atoms with E-state index in [0.29, 0.717) is 6.04 Å². The van der Waals surface area contributed by atoms with Crippen molar-refractivity contribution in [3.05, 3.63) is 34.3 Å². The van der Waals surface area contributed by atoms with Gasteiger partial charge >= 0.3 is 0 Å². The average molecular weight is 339 g/mol. The van der Waals surface area contributed by atoms with Gasteiger partial charge in [-0.25, -0.2) is 0 Å². The number of hydrogen-bond acceptors (Lipinski definition) is 2. The maximum Gasteiger partial charge on any atom is 0.0318 e. The van der Waals surface area contributed by atoms with Crippen molar-refractivity contribution < 1.29 is 0 Å². The van der Waals surface area contributed by atoms with Crippen LogP contribution < -0.4 is 5.32 Å². The highest BCUT2D eigenvalue weighted by molar-refractivity contribution is 9.10. The Balaban J connectivity index is 1.75. The van der Waals surface area contributed by atoms with Gasteiger partial charge < -0.3 is 10.2 Å². The summed E-state index contributed by atoms with van der Waals surface area (Å²) in [6, 6.07) is 9.17. The predicted octanol–water partition coefficient (Wildman–Crippen LogP) is 4.22. The van der Waals surface area contributed by atoms with Crippen LogP contribution in [0.5, 0.6) is 0 Å². The molecule has 0 aliphatic carbocycles. The number of rotatable bonds is 6. The summed E-state index contributed by atoms with van der Waals surface area (Å²) in [6.45, 7) is 9.44. The Morgan fingerprint density at radius 2 is 1.90 bits per heavy atom. The maximum atomic E-state index is 3.71. The third-order valence-electron chi connectivity index (χ3n) is 4.38. The molecule has 1 aliphatic rings. The second-order valence-corrected chi connectivity index (χ2v) is 6.91. The van der Waals surface area contributed by atoms with Gasteiger partial charge in [0.25, 0.3) is 0 Å². The molecule has 1 saturated heterocycles. The van der Waals surface area contributed by atoms with Crippen molar-refractivity contribution in [1.82, 2.24) is 10.2 Å². The van der Waals surface area contributed by atoms with Crippen molar-refractivity contribution in [2.45, 2.75) is 39.2 Å². The largest absolute Gasteiger partial charge is 0.309 e. The van der Waals surface area contributed by atoms with Gasteiger partial charge in [0.1, 0.15) is 0 Å². The molecule has 2 nitrogen and oxygen atoms in total. The summed E-state index contributed by atoms with van der Waals surface area (Å²) in [7, 11) is 0. The minimum atomic E-state index is 0.479. The fraction of sp³-hybridized carbons (Fsp3) is 0.647. The van der Waals surface area contributed by atoms with E-state index in [4.69, 9.17) is 0 Å². The standard InChI is InChI=1S/C17H27BrN2/c1-3-17(15-4-6-16(18)7-5-15)19-10-13-20-11-8-14(2)9-12-20/h4-7,14,17,19H,3,8-13H2,1-2H3. The summed E-state index contributed by atoms with van der Waals surface area (Å²) >= 11 is 3.50. The molecule has 112 valence electrons. The normalized spacial score (nSPS) is 19.1. The SMILES string of the molecule is CCC(NCCN1CCC(C)CC1)c1ccc(Br)cc1. The van der Waals surface area contributed by atoms with Crippen molar-refractivity contribution in [3.8, 4) is 0 Å². The Bertz CT molecular complexity index is 382. The molecule has 1 unspecified atom stereocenters. The fourth-order valence-corrected chi connectivity index (χ4v) is 3.14. The van der Waals surface area contributed by atoms with Gasteiger partial charge in [-0.2, -0.15) is 0 Å². The Labute approximate surface area is 132 Å². The number of hydrogen-bond donors (Lipinski definition) is 1. The monoisotopic (exact) mass is 338 g/mol. The van der Waals surface area contributed by atoms with E-state index in [0.717, 1.165) is 23.4 Å². The Kier molecular flexibility index (Phi) is 6.53. The van der Waals surface area contributed by atoms with Crippen LogP contribution >= 0.6 is 15.9 Å². The first-order valence-corrected chi connectivity index (χ1v) is 8.69. The first kappa shape index (κ1) is 16.0. The van der Waals surface area contributed by atoms with Gasteiger partial charge in [0.15, 0.2) is 0 Å². The number of nitrogens with one attached hydrogen (secondary N) is 1. The van der Waals surface area contributed by atoms with E-state index in [1.807, 2.05) is 0 Å². The highest BCUT2D eigenvalue weighted by atomic mass is 79.9. The lowest BCUT2D eigenvalue weighted by Crippen LogP contribution is -2.38. The molecule has 3 heteroatoms. The van der Waals surface area contributed by atoms with Crippen LogP contribution in [0.4, 0.5) is 0 Å². The fourth-order valence-electron chi connectivity index (χ4n) is 2.88. The van der Waals surface area contributed by atoms with Crippen molar-refractivity contribution in [2.24, 2.45) is 5.92 Å². The molecule has 1 aromatic rings. The van der Waals surface area contributed by atoms with E-state index in [9.17, 15) is 0 Å². The lowest BCUT2D eigenvalue weighted by atomic mass is 9.99. The molecule has 0 amide bonds. The summed E-state index contributed by atoms with van der Waals surface area (Å²) in [6.07, 6.45) is 3.87. The van der Waals surface area contributed by atoms with Crippen LogP contribution in [0.3, 0.4) is 0 Å². The van der Waals surface area contributed by atoms with E-state index in [1.54, 1.807) is 0 Å². The second kappa shape index (κ2) is 8.16. The van der Waals surface area contributed by atoms with Crippen LogP contribution in [-0.4, -0.2) is 31.1 Å². The van der Waals surface area contributed by atoms with E-state index >= 15 is 0 Å². The van der Waals surface area contributed by atoms with E-state index in [1.165, 1.54) is 38.0 Å². The first-order chi connectivity index (χ1) is 9.69. The van der Waals surface area contributed by atoms with E-state index in [-0.39, 0.29) is 0 Å². The number of piperidine rings is 1. The average Bonchev–Trinajstić information content (AvgIpc) is 2.47. The summed E-state index contributed by atoms with van der Waals surface area (Å²) in [5.74, 6) is 0.922. The Hall–Kier alpha value is -0.380. The number of nitrogens with zero attached hydrogens (tertiary/aromatic N) is 1. The molecule has 1 fully saturated rings. The zero-order valence-corrected chi connectivity index (χ0v) is 14.3. The smallest absolute Gasteiger partial charge is 0.0318 e. The van der Waals surface area contributed by atoms with Gasteiger partial charge in [-0.3, -0.25) is 0 Å². The van der Waals surface area contributed by atoms with Crippen molar-refractivity contribution in [2.75, 3.05) is 26.2 Å². The minimum Gasteiger partial charge on any atom is -0.309 e. The topological polar surface area (TPSA) is 15.3 Å². The van der Waals surface area contributed by atoms with Crippen molar-refractivity contribution >= 4 is 15.9 Å². The molecule has 2 rings (SSSR count). The number of benzene rings is 1. The number of halogens is 1. The zero-order valence-electron chi connectivity index (χ0n) is 12.7. The number of likely N-dealkylation sites (tertiary alicyclic amines) is 1. The third-order valence-corrected chi connectivity index (χ3v) is 4.90. The molecule has 0 saturated carbocycles. The molecule has 1 heterocycles. The molecule has 0 spiro atoms. The second-order valence-electron chi connectivity index (χ2n) is 5.99. The first-order valence-electron chi connectivity index (χ1n) is 7.90. The van der Waals surface area contributed by atoms with Crippen LogP contribution in [0.1, 0.15) is 44.7 Å². The summed E-state index contributed by atoms with van der Waals surface area (Å²) in [4.78, 5) is 2.60. The van der Waals surface area contributed by atoms with Crippen LogP contribution in [0, 0.1) is 5.92 Å². The van der Waals surface area contributed by atoms with Crippen LogP contribution in [0.15, 0.2) is 28.7 Å². The molecule has 20 heavy (non-hydrogen) atoms. The predicted molar refractivity (Wildman–Crippen MR) is 90.0 cm³/mol. The van der Waals surface area contributed by atoms with Crippen LogP contribution in [0.25, 0.3) is 0 Å². The molecular formula is C17H27BrN2. The summed E-state index contributed by atoms with van der Waals surface area (Å²) in [5.41, 5.74) is 1.39. The van der Waals surface area contributed by atoms with Crippen LogP contribution in [0.2, 0.25) is 0 Å². The highest BCUT2D eigenvalue weighted by Crippen LogP contribution is 2.19. The molecule has 1 aliphatic heterocycles. The minimum absolute atomic E-state index is 0.479. The lowest BCUT2D eigenvalue weighted by molar-refractivity contribution is 0.191. The van der Waals surface area contributed by atoms with Crippen molar-refractivity contribution in [3.63, 3.8) is 0 Å². The van der Waals surface area contributed by atoms with Gasteiger partial charge in [-0.15, -0.1) is 0 Å². The zero-order chi connectivity index (χ0) is 14.4. The van der Waals surface area contributed by atoms with Gasteiger partial charge in [0.05, 0.1) is 0 Å². The van der Waals surface area contributed by atoms with E-state index < -0.39 is 0 Å². The molecule has 0 bridgehead atoms. The molecule has 0 radical (unpaired) electrons. The van der Waals surface area contributed by atoms with Crippen molar-refractivity contribution in [1.29, 1.82) is 0 Å². The Morgan fingerprint density at radius 1 is 1.25 bits per heavy atom. The third kappa shape index (κ3) is 4.87. The van der Waals surface area contributed by atoms with Gasteiger partial charge in [0.2, 0.25) is 0 Å². The molecule has 1 atom stereocenters. The molecule has 1 aromatic carbocycles. The van der Waals surface area contributed by atoms with Crippen LogP contribution in [-0.2, 0) is 0 Å². The molecule has 1 N–H and O–H groups in total. The summed E-state index contributed by atoms with van der Waals surface area (Å²) < 4.78 is 1.15. The molecular weight excluding hydrogens is 312 g/mol. The Morgan fingerprint density at radius 3 is 2.50 bits per heavy atom. The van der Waals surface area contributed by atoms with Gasteiger partial charge in [0, 0.05) is 23.6 Å². The van der Waals surface area contributed by atoms with E-state index in [2.05, 4.69) is 64.3 Å². The molecule has 0 aromatic heterocycles. The maximum absolute atomic E-state index is 3.71. The quantitative estimate of drug-likeness (QED) is 0.835. The summed E-state index contributed by atoms with van der Waals surface area (Å²) in [5, 5.41) is 3.71. The van der Waals surface area contributed by atoms with Gasteiger partial charge in [-0.05, 0) is 56.0 Å².